The van der Waals surface area contributed by atoms with E-state index in [1.165, 1.54) is 4.90 Å². The van der Waals surface area contributed by atoms with Gasteiger partial charge in [-0.15, -0.1) is 0 Å². The number of likely N-dealkylation sites (tertiary alicyclic amines) is 1. The molecule has 1 atom stereocenters. The maximum Gasteiger partial charge on any atom is 0.407 e. The molecular weight excluding hydrogens is 275 g/mol. The number of rotatable bonds is 4. The molecule has 7 heteroatoms. The van der Waals surface area contributed by atoms with E-state index in [0.717, 1.165) is 12.5 Å². The van der Waals surface area contributed by atoms with Gasteiger partial charge in [-0.1, -0.05) is 0 Å². The summed E-state index contributed by atoms with van der Waals surface area (Å²) in [6.45, 7) is 0.320. The Bertz CT molecular complexity index is 510. The van der Waals surface area contributed by atoms with Gasteiger partial charge < -0.3 is 14.7 Å². The highest BCUT2D eigenvalue weighted by Gasteiger charge is 2.28. The van der Waals surface area contributed by atoms with E-state index < -0.39 is 23.5 Å². The van der Waals surface area contributed by atoms with Crippen LogP contribution in [0.5, 0.6) is 0 Å². The largest absolute Gasteiger partial charge is 0.465 e. The van der Waals surface area contributed by atoms with E-state index >= 15 is 0 Å². The van der Waals surface area contributed by atoms with Crippen LogP contribution in [0.2, 0.25) is 0 Å². The zero-order valence-electron chi connectivity index (χ0n) is 10.6. The first-order valence-electron chi connectivity index (χ1n) is 6.19. The van der Waals surface area contributed by atoms with E-state index in [9.17, 15) is 18.0 Å². The topological polar surface area (TPSA) is 49.8 Å². The molecule has 110 valence electrons. The molecular formula is C13H14F3NO3. The molecule has 1 saturated heterocycles. The van der Waals surface area contributed by atoms with E-state index in [1.54, 1.807) is 0 Å². The highest BCUT2D eigenvalue weighted by molar-refractivity contribution is 5.65. The highest BCUT2D eigenvalue weighted by Crippen LogP contribution is 2.19. The van der Waals surface area contributed by atoms with Crippen molar-refractivity contribution in [2.45, 2.75) is 25.5 Å². The summed E-state index contributed by atoms with van der Waals surface area (Å²) in [7, 11) is 0. The summed E-state index contributed by atoms with van der Waals surface area (Å²) in [6.07, 6.45) is 0.405. The second-order valence-electron chi connectivity index (χ2n) is 4.64. The average Bonchev–Trinajstić information content (AvgIpc) is 2.84. The van der Waals surface area contributed by atoms with Gasteiger partial charge in [-0.05, 0) is 18.9 Å². The number of carbonyl (C=O) groups is 1. The molecule has 1 aromatic carbocycles. The van der Waals surface area contributed by atoms with E-state index in [4.69, 9.17) is 9.84 Å². The van der Waals surface area contributed by atoms with Gasteiger partial charge in [0, 0.05) is 18.2 Å². The van der Waals surface area contributed by atoms with Crippen molar-refractivity contribution in [2.75, 3.05) is 13.2 Å². The molecule has 0 bridgehead atoms. The van der Waals surface area contributed by atoms with Crippen LogP contribution in [0, 0.1) is 17.5 Å². The van der Waals surface area contributed by atoms with Gasteiger partial charge in [0.05, 0.1) is 19.3 Å². The summed E-state index contributed by atoms with van der Waals surface area (Å²) < 4.78 is 44.3. The number of halogens is 3. The molecule has 20 heavy (non-hydrogen) atoms. The standard InChI is InChI=1S/C13H14F3NO3/c14-10-5-12(16)11(15)4-8(10)6-20-7-9-2-1-3-17(9)13(18)19/h4-5,9H,1-3,6-7H2,(H,18,19). The summed E-state index contributed by atoms with van der Waals surface area (Å²) in [5.74, 6) is -3.28. The molecule has 1 amide bonds. The molecule has 0 aromatic heterocycles. The molecule has 1 fully saturated rings. The lowest BCUT2D eigenvalue weighted by atomic mass is 10.2. The zero-order chi connectivity index (χ0) is 14.7. The van der Waals surface area contributed by atoms with Crippen molar-refractivity contribution in [1.29, 1.82) is 0 Å². The molecule has 1 heterocycles. The van der Waals surface area contributed by atoms with Crippen LogP contribution in [0.15, 0.2) is 12.1 Å². The predicted octanol–water partition coefficient (Wildman–Crippen LogP) is 2.76. The molecule has 0 spiro atoms. The number of nitrogens with zero attached hydrogens (tertiary/aromatic N) is 1. The third kappa shape index (κ3) is 3.22. The number of ether oxygens (including phenoxy) is 1. The van der Waals surface area contributed by atoms with Crippen molar-refractivity contribution >= 4 is 6.09 Å². The zero-order valence-corrected chi connectivity index (χ0v) is 10.6. The molecule has 0 saturated carbocycles. The number of amides is 1. The number of benzene rings is 1. The van der Waals surface area contributed by atoms with Gasteiger partial charge >= 0.3 is 6.09 Å². The SMILES string of the molecule is O=C(O)N1CCCC1COCc1cc(F)c(F)cc1F. The van der Waals surface area contributed by atoms with Gasteiger partial charge in [0.2, 0.25) is 0 Å². The Hall–Kier alpha value is -1.76. The molecule has 1 aliphatic heterocycles. The predicted molar refractivity (Wildman–Crippen MR) is 63.7 cm³/mol. The summed E-state index contributed by atoms with van der Waals surface area (Å²) in [6, 6.07) is 0.933. The summed E-state index contributed by atoms with van der Waals surface area (Å²) in [5, 5.41) is 8.93. The van der Waals surface area contributed by atoms with Gasteiger partial charge in [-0.25, -0.2) is 18.0 Å². The van der Waals surface area contributed by atoms with Crippen LogP contribution in [0.1, 0.15) is 18.4 Å². The second kappa shape index (κ2) is 6.13. The Kier molecular flexibility index (Phi) is 4.49. The fourth-order valence-electron chi connectivity index (χ4n) is 2.24. The lowest BCUT2D eigenvalue weighted by Gasteiger charge is -2.21. The van der Waals surface area contributed by atoms with Gasteiger partial charge in [-0.3, -0.25) is 0 Å². The van der Waals surface area contributed by atoms with Crippen LogP contribution in [-0.4, -0.2) is 35.3 Å². The Labute approximate surface area is 113 Å². The Balaban J connectivity index is 1.90. The number of hydrogen-bond donors (Lipinski definition) is 1. The average molecular weight is 289 g/mol. The van der Waals surface area contributed by atoms with Crippen LogP contribution in [-0.2, 0) is 11.3 Å². The van der Waals surface area contributed by atoms with Crippen LogP contribution in [0.25, 0.3) is 0 Å². The van der Waals surface area contributed by atoms with E-state index in [0.29, 0.717) is 19.0 Å². The number of carboxylic acid groups (broad SMARTS) is 1. The van der Waals surface area contributed by atoms with E-state index in [1.807, 2.05) is 0 Å². The lowest BCUT2D eigenvalue weighted by Crippen LogP contribution is -2.37. The molecule has 0 radical (unpaired) electrons. The van der Waals surface area contributed by atoms with Crippen molar-refractivity contribution in [3.05, 3.63) is 35.1 Å². The summed E-state index contributed by atoms with van der Waals surface area (Å²) in [4.78, 5) is 12.2. The van der Waals surface area contributed by atoms with Crippen LogP contribution in [0.3, 0.4) is 0 Å². The van der Waals surface area contributed by atoms with Gasteiger partial charge in [0.15, 0.2) is 11.6 Å². The van der Waals surface area contributed by atoms with Crippen LogP contribution >= 0.6 is 0 Å². The quantitative estimate of drug-likeness (QED) is 0.867. The van der Waals surface area contributed by atoms with Crippen molar-refractivity contribution in [3.8, 4) is 0 Å². The van der Waals surface area contributed by atoms with Crippen molar-refractivity contribution in [3.63, 3.8) is 0 Å². The van der Waals surface area contributed by atoms with Crippen molar-refractivity contribution in [2.24, 2.45) is 0 Å². The molecule has 4 nitrogen and oxygen atoms in total. The minimum Gasteiger partial charge on any atom is -0.465 e. The first-order valence-corrected chi connectivity index (χ1v) is 6.19. The molecule has 1 aromatic rings. The molecule has 0 aliphatic carbocycles. The first-order chi connectivity index (χ1) is 9.49. The van der Waals surface area contributed by atoms with E-state index in [2.05, 4.69) is 0 Å². The van der Waals surface area contributed by atoms with Crippen molar-refractivity contribution in [1.82, 2.24) is 4.90 Å². The van der Waals surface area contributed by atoms with Gasteiger partial charge in [0.25, 0.3) is 0 Å². The van der Waals surface area contributed by atoms with Gasteiger partial charge in [-0.2, -0.15) is 0 Å². The molecule has 1 N–H and O–H groups in total. The Morgan fingerprint density at radius 3 is 2.70 bits per heavy atom. The fraction of sp³-hybridized carbons (Fsp3) is 0.462. The summed E-state index contributed by atoms with van der Waals surface area (Å²) >= 11 is 0. The Morgan fingerprint density at radius 1 is 1.30 bits per heavy atom. The summed E-state index contributed by atoms with van der Waals surface area (Å²) in [5.41, 5.74) is -0.0937. The number of hydrogen-bond acceptors (Lipinski definition) is 2. The smallest absolute Gasteiger partial charge is 0.407 e. The monoisotopic (exact) mass is 289 g/mol. The van der Waals surface area contributed by atoms with Crippen molar-refractivity contribution < 1.29 is 27.8 Å². The third-order valence-electron chi connectivity index (χ3n) is 3.28. The van der Waals surface area contributed by atoms with E-state index in [-0.39, 0.29) is 24.8 Å². The highest BCUT2D eigenvalue weighted by atomic mass is 19.2. The van der Waals surface area contributed by atoms with Crippen LogP contribution in [0.4, 0.5) is 18.0 Å². The molecule has 1 unspecified atom stereocenters. The molecule has 1 aliphatic rings. The minimum absolute atomic E-state index is 0.0937. The third-order valence-corrected chi connectivity index (χ3v) is 3.28. The minimum atomic E-state index is -1.25. The molecule has 2 rings (SSSR count). The maximum atomic E-state index is 13.3. The normalized spacial score (nSPS) is 18.6. The van der Waals surface area contributed by atoms with Crippen LogP contribution < -0.4 is 0 Å². The fourth-order valence-corrected chi connectivity index (χ4v) is 2.24. The second-order valence-corrected chi connectivity index (χ2v) is 4.64. The first kappa shape index (κ1) is 14.6. The van der Waals surface area contributed by atoms with Gasteiger partial charge in [0.1, 0.15) is 5.82 Å². The maximum absolute atomic E-state index is 13.3. The Morgan fingerprint density at radius 2 is 2.00 bits per heavy atom. The lowest BCUT2D eigenvalue weighted by molar-refractivity contribution is 0.0629.